The van der Waals surface area contributed by atoms with Gasteiger partial charge in [-0.25, -0.2) is 0 Å². The van der Waals surface area contributed by atoms with E-state index in [-0.39, 0.29) is 23.7 Å². The molecule has 174 valence electrons. The van der Waals surface area contributed by atoms with Gasteiger partial charge in [-0.3, -0.25) is 15.0 Å². The first-order valence-electron chi connectivity index (χ1n) is 11.0. The van der Waals surface area contributed by atoms with Crippen molar-refractivity contribution in [2.24, 2.45) is 10.1 Å². The lowest BCUT2D eigenvalue weighted by molar-refractivity contribution is -0.128. The van der Waals surface area contributed by atoms with Gasteiger partial charge in [-0.1, -0.05) is 11.6 Å². The lowest BCUT2D eigenvalue weighted by atomic mass is 10.1. The van der Waals surface area contributed by atoms with E-state index in [0.717, 1.165) is 48.6 Å². The van der Waals surface area contributed by atoms with Crippen LogP contribution in [-0.2, 0) is 9.59 Å². The summed E-state index contributed by atoms with van der Waals surface area (Å²) in [5, 5.41) is 15.9. The van der Waals surface area contributed by atoms with E-state index in [4.69, 9.17) is 17.0 Å². The average Bonchev–Trinajstić information content (AvgIpc) is 3.52. The number of carbonyl (C=O) groups is 2. The molecule has 0 bridgehead atoms. The van der Waals surface area contributed by atoms with Crippen LogP contribution in [-0.4, -0.2) is 55.4 Å². The number of hydrogen-bond acceptors (Lipinski definition) is 5. The molecule has 0 saturated carbocycles. The lowest BCUT2D eigenvalue weighted by Crippen LogP contribution is -2.35. The van der Waals surface area contributed by atoms with Gasteiger partial charge in [0.1, 0.15) is 5.04 Å². The number of hydrazone groups is 1. The van der Waals surface area contributed by atoms with Crippen LogP contribution < -0.4 is 0 Å². The molecule has 1 N–H and O–H groups in total. The number of aryl methyl sites for hydroxylation is 1. The third-order valence-electron chi connectivity index (χ3n) is 6.11. The second kappa shape index (κ2) is 8.88. The number of fused-ring (bicyclic) bond motifs is 1. The van der Waals surface area contributed by atoms with Gasteiger partial charge in [0.25, 0.3) is 5.91 Å². The van der Waals surface area contributed by atoms with Crippen molar-refractivity contribution in [3.8, 4) is 5.69 Å². The molecule has 10 heteroatoms. The van der Waals surface area contributed by atoms with Crippen LogP contribution in [0.5, 0.6) is 0 Å². The molecule has 0 aliphatic carbocycles. The molecule has 8 nitrogen and oxygen atoms in total. The molecule has 0 atom stereocenters. The van der Waals surface area contributed by atoms with Crippen LogP contribution in [0.1, 0.15) is 36.2 Å². The minimum Gasteiger partial charge on any atom is -0.342 e. The van der Waals surface area contributed by atoms with E-state index in [9.17, 15) is 9.59 Å². The number of carbonyl (C=O) groups excluding carboxylic acids is 2. The van der Waals surface area contributed by atoms with Crippen molar-refractivity contribution in [3.63, 3.8) is 0 Å². The van der Waals surface area contributed by atoms with Crippen molar-refractivity contribution < 1.29 is 9.59 Å². The van der Waals surface area contributed by atoms with Crippen LogP contribution in [0.15, 0.2) is 46.0 Å². The Bertz CT molecular complexity index is 1300. The molecule has 0 radical (unpaired) electrons. The predicted molar refractivity (Wildman–Crippen MR) is 136 cm³/mol. The molecular weight excluding hydrogens is 472 g/mol. The Labute approximate surface area is 206 Å². The molecule has 3 aliphatic heterocycles. The maximum atomic E-state index is 12.8. The highest BCUT2D eigenvalue weighted by atomic mass is 35.5. The van der Waals surface area contributed by atoms with Crippen LogP contribution in [0.25, 0.3) is 11.8 Å². The molecule has 4 heterocycles. The molecular formula is C24H23ClN6O2S. The fourth-order valence-corrected chi connectivity index (χ4v) is 5.39. The summed E-state index contributed by atoms with van der Waals surface area (Å²) in [4.78, 5) is 31.3. The normalized spacial score (nSPS) is 19.1. The first-order chi connectivity index (χ1) is 16.3. The molecule has 1 aromatic carbocycles. The van der Waals surface area contributed by atoms with Gasteiger partial charge in [0, 0.05) is 35.2 Å². The van der Waals surface area contributed by atoms with Crippen molar-refractivity contribution in [2.75, 3.05) is 13.1 Å². The highest BCUT2D eigenvalue weighted by Crippen LogP contribution is 2.31. The number of benzene rings is 1. The number of nitrogens with one attached hydrogen (secondary N) is 1. The number of halogens is 1. The Morgan fingerprint density at radius 3 is 2.62 bits per heavy atom. The molecule has 3 aliphatic rings. The van der Waals surface area contributed by atoms with Crippen molar-refractivity contribution in [1.82, 2.24) is 14.5 Å². The Morgan fingerprint density at radius 1 is 1.21 bits per heavy atom. The number of aromatic nitrogens is 1. The zero-order valence-electron chi connectivity index (χ0n) is 18.8. The monoisotopic (exact) mass is 494 g/mol. The molecule has 0 unspecified atom stereocenters. The highest BCUT2D eigenvalue weighted by molar-refractivity contribution is 8.27. The van der Waals surface area contributed by atoms with Crippen LogP contribution in [0, 0.1) is 19.3 Å². The van der Waals surface area contributed by atoms with Gasteiger partial charge < -0.3 is 9.47 Å². The number of nitrogens with zero attached hydrogens (tertiary/aromatic N) is 5. The maximum absolute atomic E-state index is 12.8. The van der Waals surface area contributed by atoms with Crippen LogP contribution in [0.3, 0.4) is 0 Å². The minimum atomic E-state index is -0.484. The van der Waals surface area contributed by atoms with Crippen molar-refractivity contribution >= 4 is 57.3 Å². The number of likely N-dealkylation sites (tertiary alicyclic amines) is 1. The van der Waals surface area contributed by atoms with E-state index in [0.29, 0.717) is 15.2 Å². The molecule has 1 saturated heterocycles. The van der Waals surface area contributed by atoms with Gasteiger partial charge in [0.2, 0.25) is 11.1 Å². The van der Waals surface area contributed by atoms with Crippen molar-refractivity contribution in [3.05, 3.63) is 57.9 Å². The molecule has 0 spiro atoms. The Kier molecular flexibility index (Phi) is 5.91. The first-order valence-corrected chi connectivity index (χ1v) is 12.2. The number of amides is 2. The second-order valence-electron chi connectivity index (χ2n) is 8.42. The summed E-state index contributed by atoms with van der Waals surface area (Å²) in [6, 6.07) is 9.51. The zero-order valence-corrected chi connectivity index (χ0v) is 20.4. The second-order valence-corrected chi connectivity index (χ2v) is 9.89. The van der Waals surface area contributed by atoms with E-state index in [1.807, 2.05) is 49.1 Å². The average molecular weight is 495 g/mol. The van der Waals surface area contributed by atoms with Crippen LogP contribution in [0.4, 0.5) is 0 Å². The van der Waals surface area contributed by atoms with Gasteiger partial charge >= 0.3 is 0 Å². The summed E-state index contributed by atoms with van der Waals surface area (Å²) in [6.45, 7) is 5.50. The molecule has 34 heavy (non-hydrogen) atoms. The summed E-state index contributed by atoms with van der Waals surface area (Å²) < 4.78 is 2.07. The topological polar surface area (TPSA) is 94.1 Å². The summed E-state index contributed by atoms with van der Waals surface area (Å²) in [5.41, 5.74) is 3.86. The summed E-state index contributed by atoms with van der Waals surface area (Å²) in [5.74, 6) is -0.503. The smallest absolute Gasteiger partial charge is 0.283 e. The van der Waals surface area contributed by atoms with E-state index in [2.05, 4.69) is 14.7 Å². The van der Waals surface area contributed by atoms with Gasteiger partial charge in [-0.15, -0.1) is 0 Å². The number of rotatable bonds is 4. The number of thioether (sulfide) groups is 1. The third kappa shape index (κ3) is 4.10. The largest absolute Gasteiger partial charge is 0.342 e. The van der Waals surface area contributed by atoms with Gasteiger partial charge in [0.15, 0.2) is 5.84 Å². The van der Waals surface area contributed by atoms with Crippen molar-refractivity contribution in [2.45, 2.75) is 33.1 Å². The molecule has 2 aromatic rings. The summed E-state index contributed by atoms with van der Waals surface area (Å²) in [6.07, 6.45) is 3.89. The third-order valence-corrected chi connectivity index (χ3v) is 7.27. The maximum Gasteiger partial charge on any atom is 0.283 e. The quantitative estimate of drug-likeness (QED) is 0.638. The fourth-order valence-electron chi connectivity index (χ4n) is 4.39. The minimum absolute atomic E-state index is 0.0208. The molecule has 1 aromatic heterocycles. The zero-order chi connectivity index (χ0) is 24.0. The summed E-state index contributed by atoms with van der Waals surface area (Å²) >= 11 is 7.21. The number of amidine groups is 2. The molecule has 5 rings (SSSR count). The van der Waals surface area contributed by atoms with Crippen molar-refractivity contribution in [1.29, 1.82) is 5.41 Å². The highest BCUT2D eigenvalue weighted by Gasteiger charge is 2.36. The molecule has 1 fully saturated rings. The Hall–Kier alpha value is -3.17. The van der Waals surface area contributed by atoms with Gasteiger partial charge in [0.05, 0.1) is 12.0 Å². The SMILES string of the molecule is Cc1cc(/C=C2\C(=N)N3N=C(CC(=O)N4CCCC4)SC3=NC2=O)c(C)n1-c1ccc(Cl)cc1. The van der Waals surface area contributed by atoms with Gasteiger partial charge in [-0.2, -0.15) is 15.1 Å². The predicted octanol–water partition coefficient (Wildman–Crippen LogP) is 4.38. The fraction of sp³-hybridized carbons (Fsp3) is 0.292. The van der Waals surface area contributed by atoms with E-state index < -0.39 is 5.91 Å². The first kappa shape index (κ1) is 22.6. The van der Waals surface area contributed by atoms with Crippen LogP contribution >= 0.6 is 23.4 Å². The Balaban J connectivity index is 1.41. The van der Waals surface area contributed by atoms with E-state index in [1.54, 1.807) is 6.08 Å². The standard InChI is InChI=1S/C24H23ClN6O2S/c1-14-11-16(15(2)30(14)18-7-5-17(25)6-8-18)12-19-22(26)31-24(27-23(19)33)34-20(28-31)13-21(32)29-9-3-4-10-29/h5-8,11-12,26H,3-4,9-10,13H2,1-2H3/b19-12+,26-22?. The Morgan fingerprint density at radius 2 is 1.91 bits per heavy atom. The molecule has 2 amide bonds. The lowest BCUT2D eigenvalue weighted by Gasteiger charge is -2.20. The van der Waals surface area contributed by atoms with Crippen LogP contribution in [0.2, 0.25) is 5.02 Å². The number of hydrogen-bond donors (Lipinski definition) is 1. The van der Waals surface area contributed by atoms with E-state index in [1.165, 1.54) is 16.8 Å². The number of aliphatic imine (C=N–C) groups is 1. The van der Waals surface area contributed by atoms with E-state index >= 15 is 0 Å². The van der Waals surface area contributed by atoms with Gasteiger partial charge in [-0.05, 0) is 80.4 Å². The summed E-state index contributed by atoms with van der Waals surface area (Å²) in [7, 11) is 0.